The third-order valence-electron chi connectivity index (χ3n) is 3.70. The molecule has 1 aromatic carbocycles. The summed E-state index contributed by atoms with van der Waals surface area (Å²) in [6.45, 7) is 4.09. The standard InChI is InChI=1S/C14H17ClN4O/c1-18-4-6-19(7-5-18)13-3-2-10(8-12(13)15)11-9-17-20-14(11)16/h2-3,8-9H,4-7,16H2,1H3. The van der Waals surface area contributed by atoms with Crippen molar-refractivity contribution < 1.29 is 4.52 Å². The summed E-state index contributed by atoms with van der Waals surface area (Å²) in [5.41, 5.74) is 8.50. The molecule has 106 valence electrons. The lowest BCUT2D eigenvalue weighted by atomic mass is 10.1. The van der Waals surface area contributed by atoms with Gasteiger partial charge < -0.3 is 20.1 Å². The Kier molecular flexibility index (Phi) is 3.54. The number of aromatic nitrogens is 1. The second kappa shape index (κ2) is 5.34. The number of hydrogen-bond acceptors (Lipinski definition) is 5. The van der Waals surface area contributed by atoms with Crippen molar-refractivity contribution in [2.24, 2.45) is 0 Å². The number of nitrogen functional groups attached to an aromatic ring is 1. The van der Waals surface area contributed by atoms with Crippen LogP contribution in [0.4, 0.5) is 11.6 Å². The monoisotopic (exact) mass is 292 g/mol. The molecule has 0 saturated carbocycles. The molecule has 1 saturated heterocycles. The number of rotatable bonds is 2. The van der Waals surface area contributed by atoms with Crippen LogP contribution in [0.1, 0.15) is 0 Å². The number of likely N-dealkylation sites (N-methyl/N-ethyl adjacent to an activating group) is 1. The summed E-state index contributed by atoms with van der Waals surface area (Å²) >= 11 is 6.42. The third kappa shape index (κ3) is 2.46. The van der Waals surface area contributed by atoms with Crippen molar-refractivity contribution in [3.63, 3.8) is 0 Å². The van der Waals surface area contributed by atoms with Gasteiger partial charge in [0.25, 0.3) is 0 Å². The Balaban J connectivity index is 1.86. The first kappa shape index (κ1) is 13.3. The van der Waals surface area contributed by atoms with Gasteiger partial charge in [-0.3, -0.25) is 0 Å². The summed E-state index contributed by atoms with van der Waals surface area (Å²) in [5.74, 6) is 0.313. The molecular formula is C14H17ClN4O. The lowest BCUT2D eigenvalue weighted by molar-refractivity contribution is 0.313. The van der Waals surface area contributed by atoms with Crippen molar-refractivity contribution in [3.8, 4) is 11.1 Å². The maximum absolute atomic E-state index is 6.42. The van der Waals surface area contributed by atoms with Gasteiger partial charge in [0.15, 0.2) is 0 Å². The Morgan fingerprint density at radius 2 is 2.00 bits per heavy atom. The lowest BCUT2D eigenvalue weighted by Crippen LogP contribution is -2.44. The number of nitrogens with two attached hydrogens (primary N) is 1. The van der Waals surface area contributed by atoms with Gasteiger partial charge >= 0.3 is 0 Å². The second-order valence-electron chi connectivity index (χ2n) is 5.06. The zero-order valence-electron chi connectivity index (χ0n) is 11.3. The summed E-state index contributed by atoms with van der Waals surface area (Å²) < 4.78 is 4.89. The highest BCUT2D eigenvalue weighted by molar-refractivity contribution is 6.33. The minimum atomic E-state index is 0.313. The quantitative estimate of drug-likeness (QED) is 0.920. The van der Waals surface area contributed by atoms with E-state index in [1.807, 2.05) is 18.2 Å². The van der Waals surface area contributed by atoms with Gasteiger partial charge in [0.1, 0.15) is 0 Å². The first-order valence-electron chi connectivity index (χ1n) is 6.58. The van der Waals surface area contributed by atoms with Crippen molar-refractivity contribution in [3.05, 3.63) is 29.4 Å². The molecule has 0 bridgehead atoms. The fourth-order valence-electron chi connectivity index (χ4n) is 2.44. The van der Waals surface area contributed by atoms with Gasteiger partial charge in [0.05, 0.1) is 22.5 Å². The van der Waals surface area contributed by atoms with Gasteiger partial charge in [-0.1, -0.05) is 22.8 Å². The molecule has 5 nitrogen and oxygen atoms in total. The second-order valence-corrected chi connectivity index (χ2v) is 5.47. The van der Waals surface area contributed by atoms with Crippen LogP contribution in [-0.4, -0.2) is 43.3 Å². The Morgan fingerprint density at radius 1 is 1.25 bits per heavy atom. The number of hydrogen-bond donors (Lipinski definition) is 1. The molecule has 2 aromatic rings. The fourth-order valence-corrected chi connectivity index (χ4v) is 2.74. The summed E-state index contributed by atoms with van der Waals surface area (Å²) in [4.78, 5) is 4.62. The first-order valence-corrected chi connectivity index (χ1v) is 6.96. The van der Waals surface area contributed by atoms with Crippen molar-refractivity contribution >= 4 is 23.2 Å². The molecule has 0 aliphatic carbocycles. The van der Waals surface area contributed by atoms with E-state index in [1.165, 1.54) is 0 Å². The van der Waals surface area contributed by atoms with E-state index in [4.69, 9.17) is 21.9 Å². The van der Waals surface area contributed by atoms with Crippen molar-refractivity contribution in [2.75, 3.05) is 43.9 Å². The predicted molar refractivity (Wildman–Crippen MR) is 81.1 cm³/mol. The maximum atomic E-state index is 6.42. The fraction of sp³-hybridized carbons (Fsp3) is 0.357. The molecule has 0 atom stereocenters. The van der Waals surface area contributed by atoms with Gasteiger partial charge in [0.2, 0.25) is 5.88 Å². The molecule has 2 heterocycles. The van der Waals surface area contributed by atoms with Crippen LogP contribution in [0.15, 0.2) is 28.9 Å². The van der Waals surface area contributed by atoms with Crippen LogP contribution in [-0.2, 0) is 0 Å². The van der Waals surface area contributed by atoms with E-state index in [9.17, 15) is 0 Å². The van der Waals surface area contributed by atoms with Gasteiger partial charge in [-0.15, -0.1) is 0 Å². The minimum absolute atomic E-state index is 0.313. The molecule has 0 amide bonds. The van der Waals surface area contributed by atoms with E-state index in [0.717, 1.165) is 48.0 Å². The Bertz CT molecular complexity index is 605. The van der Waals surface area contributed by atoms with Gasteiger partial charge in [-0.2, -0.15) is 0 Å². The lowest BCUT2D eigenvalue weighted by Gasteiger charge is -2.34. The number of benzene rings is 1. The van der Waals surface area contributed by atoms with Crippen LogP contribution in [0.5, 0.6) is 0 Å². The van der Waals surface area contributed by atoms with Crippen LogP contribution in [0.3, 0.4) is 0 Å². The molecule has 0 radical (unpaired) electrons. The molecular weight excluding hydrogens is 276 g/mol. The van der Waals surface area contributed by atoms with E-state index in [2.05, 4.69) is 22.0 Å². The maximum Gasteiger partial charge on any atom is 0.229 e. The first-order chi connectivity index (χ1) is 9.65. The molecule has 2 N–H and O–H groups in total. The molecule has 20 heavy (non-hydrogen) atoms. The number of anilines is 2. The van der Waals surface area contributed by atoms with Crippen molar-refractivity contribution in [1.82, 2.24) is 10.1 Å². The normalized spacial score (nSPS) is 16.6. The molecule has 0 spiro atoms. The van der Waals surface area contributed by atoms with Crippen LogP contribution in [0, 0.1) is 0 Å². The third-order valence-corrected chi connectivity index (χ3v) is 4.00. The number of piperazine rings is 1. The summed E-state index contributed by atoms with van der Waals surface area (Å²) in [6.07, 6.45) is 1.61. The molecule has 1 fully saturated rings. The molecule has 1 aliphatic rings. The Labute approximate surface area is 122 Å². The highest BCUT2D eigenvalue weighted by atomic mass is 35.5. The highest BCUT2D eigenvalue weighted by Gasteiger charge is 2.17. The molecule has 1 aromatic heterocycles. The van der Waals surface area contributed by atoms with E-state index >= 15 is 0 Å². The van der Waals surface area contributed by atoms with E-state index < -0.39 is 0 Å². The van der Waals surface area contributed by atoms with Crippen LogP contribution in [0.2, 0.25) is 5.02 Å². The van der Waals surface area contributed by atoms with Gasteiger partial charge in [-0.05, 0) is 24.7 Å². The van der Waals surface area contributed by atoms with E-state index in [0.29, 0.717) is 5.88 Å². The minimum Gasteiger partial charge on any atom is -0.368 e. The average molecular weight is 293 g/mol. The molecule has 3 rings (SSSR count). The number of halogens is 1. The zero-order chi connectivity index (χ0) is 14.1. The van der Waals surface area contributed by atoms with Crippen LogP contribution < -0.4 is 10.6 Å². The van der Waals surface area contributed by atoms with Crippen LogP contribution in [0.25, 0.3) is 11.1 Å². The summed E-state index contributed by atoms with van der Waals surface area (Å²) in [5, 5.41) is 4.42. The van der Waals surface area contributed by atoms with E-state index in [1.54, 1.807) is 6.20 Å². The zero-order valence-corrected chi connectivity index (χ0v) is 12.1. The SMILES string of the molecule is CN1CCN(c2ccc(-c3cnoc3N)cc2Cl)CC1. The van der Waals surface area contributed by atoms with Crippen molar-refractivity contribution in [2.45, 2.75) is 0 Å². The van der Waals surface area contributed by atoms with Crippen molar-refractivity contribution in [1.29, 1.82) is 0 Å². The van der Waals surface area contributed by atoms with Crippen LogP contribution >= 0.6 is 11.6 Å². The molecule has 0 unspecified atom stereocenters. The average Bonchev–Trinajstić information content (AvgIpc) is 2.86. The topological polar surface area (TPSA) is 58.5 Å². The largest absolute Gasteiger partial charge is 0.368 e. The summed E-state index contributed by atoms with van der Waals surface area (Å²) in [7, 11) is 2.14. The molecule has 6 heteroatoms. The Hall–Kier alpha value is -1.72. The van der Waals surface area contributed by atoms with E-state index in [-0.39, 0.29) is 0 Å². The number of nitrogens with zero attached hydrogens (tertiary/aromatic N) is 3. The highest BCUT2D eigenvalue weighted by Crippen LogP contribution is 2.33. The van der Waals surface area contributed by atoms with Gasteiger partial charge in [0, 0.05) is 26.2 Å². The smallest absolute Gasteiger partial charge is 0.229 e. The van der Waals surface area contributed by atoms with Gasteiger partial charge in [-0.25, -0.2) is 0 Å². The summed E-state index contributed by atoms with van der Waals surface area (Å²) in [6, 6.07) is 5.95. The Morgan fingerprint density at radius 3 is 2.60 bits per heavy atom. The predicted octanol–water partition coefficient (Wildman–Crippen LogP) is 2.33. The molecule has 1 aliphatic heterocycles.